The fourth-order valence-corrected chi connectivity index (χ4v) is 1.30. The highest BCUT2D eigenvalue weighted by Gasteiger charge is 2.00. The molecule has 1 rings (SSSR count). The molecule has 98 valence electrons. The van der Waals surface area contributed by atoms with Gasteiger partial charge in [0.1, 0.15) is 12.4 Å². The molecular formula is C13H16NO4-. The van der Waals surface area contributed by atoms with Crippen molar-refractivity contribution in [3.63, 3.8) is 0 Å². The highest BCUT2D eigenvalue weighted by Crippen LogP contribution is 2.10. The third-order valence-electron chi connectivity index (χ3n) is 2.27. The van der Waals surface area contributed by atoms with Crippen LogP contribution in [0.2, 0.25) is 0 Å². The summed E-state index contributed by atoms with van der Waals surface area (Å²) < 4.78 is 5.39. The summed E-state index contributed by atoms with van der Waals surface area (Å²) >= 11 is 0. The molecule has 0 radical (unpaired) electrons. The van der Waals surface area contributed by atoms with E-state index in [2.05, 4.69) is 5.32 Å². The average Bonchev–Trinajstić information content (AvgIpc) is 2.34. The summed E-state index contributed by atoms with van der Waals surface area (Å²) in [6, 6.07) is 7.59. The minimum atomic E-state index is -1.22. The Morgan fingerprint density at radius 3 is 2.50 bits per heavy atom. The molecule has 1 aromatic carbocycles. The van der Waals surface area contributed by atoms with E-state index >= 15 is 0 Å². The first-order valence-corrected chi connectivity index (χ1v) is 5.74. The summed E-state index contributed by atoms with van der Waals surface area (Å²) in [6.07, 6.45) is -0.322. The molecule has 0 aliphatic rings. The number of ether oxygens (including phenoxy) is 1. The van der Waals surface area contributed by atoms with E-state index in [1.54, 1.807) is 0 Å². The van der Waals surface area contributed by atoms with Gasteiger partial charge in [0.25, 0.3) is 0 Å². The predicted octanol–water partition coefficient (Wildman–Crippen LogP) is 0.0201. The van der Waals surface area contributed by atoms with Gasteiger partial charge in [0.15, 0.2) is 0 Å². The molecule has 0 bridgehead atoms. The number of aryl methyl sites for hydroxylation is 1. The number of rotatable bonds is 7. The Kier molecular flexibility index (Phi) is 5.70. The van der Waals surface area contributed by atoms with Crippen LogP contribution in [0.15, 0.2) is 24.3 Å². The zero-order valence-corrected chi connectivity index (χ0v) is 10.3. The lowest BCUT2D eigenvalue weighted by atomic mass is 10.2. The van der Waals surface area contributed by atoms with Crippen LogP contribution in [0.1, 0.15) is 18.4 Å². The molecule has 0 atom stereocenters. The van der Waals surface area contributed by atoms with E-state index in [1.165, 1.54) is 0 Å². The Morgan fingerprint density at radius 2 is 1.89 bits per heavy atom. The summed E-state index contributed by atoms with van der Waals surface area (Å²) in [7, 11) is 0. The Bertz CT molecular complexity index is 400. The van der Waals surface area contributed by atoms with Gasteiger partial charge in [-0.1, -0.05) is 17.7 Å². The largest absolute Gasteiger partial charge is 0.550 e. The van der Waals surface area contributed by atoms with Gasteiger partial charge in [0.2, 0.25) is 5.91 Å². The van der Waals surface area contributed by atoms with Gasteiger partial charge < -0.3 is 20.0 Å². The number of carbonyl (C=O) groups excluding carboxylic acids is 2. The molecule has 0 spiro atoms. The van der Waals surface area contributed by atoms with Crippen LogP contribution in [-0.4, -0.2) is 25.0 Å². The number of carbonyl (C=O) groups is 2. The highest BCUT2D eigenvalue weighted by molar-refractivity contribution is 5.79. The Morgan fingerprint density at radius 1 is 1.22 bits per heavy atom. The third kappa shape index (κ3) is 5.89. The van der Waals surface area contributed by atoms with Gasteiger partial charge in [0.05, 0.1) is 6.54 Å². The third-order valence-corrected chi connectivity index (χ3v) is 2.27. The molecule has 0 saturated carbocycles. The van der Waals surface area contributed by atoms with Crippen molar-refractivity contribution in [2.75, 3.05) is 13.2 Å². The molecule has 1 amide bonds. The van der Waals surface area contributed by atoms with Gasteiger partial charge in [-0.15, -0.1) is 0 Å². The first kappa shape index (κ1) is 14.0. The van der Waals surface area contributed by atoms with Crippen molar-refractivity contribution in [3.8, 4) is 5.75 Å². The molecule has 5 heteroatoms. The van der Waals surface area contributed by atoms with Crippen LogP contribution in [0.25, 0.3) is 0 Å². The maximum Gasteiger partial charge on any atom is 0.220 e. The van der Waals surface area contributed by atoms with Crippen molar-refractivity contribution in [1.82, 2.24) is 5.32 Å². The monoisotopic (exact) mass is 250 g/mol. The Balaban J connectivity index is 2.13. The van der Waals surface area contributed by atoms with Gasteiger partial charge in [-0.05, 0) is 25.5 Å². The second-order valence-corrected chi connectivity index (χ2v) is 3.88. The lowest BCUT2D eigenvalue weighted by Gasteiger charge is -2.08. The summed E-state index contributed by atoms with van der Waals surface area (Å²) in [5.74, 6) is -0.794. The zero-order chi connectivity index (χ0) is 13.4. The summed E-state index contributed by atoms with van der Waals surface area (Å²) in [6.45, 7) is 2.68. The van der Waals surface area contributed by atoms with Gasteiger partial charge >= 0.3 is 0 Å². The molecule has 1 aromatic rings. The van der Waals surface area contributed by atoms with Crippen LogP contribution >= 0.6 is 0 Å². The van der Waals surface area contributed by atoms with Gasteiger partial charge in [-0.25, -0.2) is 0 Å². The maximum atomic E-state index is 11.1. The molecular weight excluding hydrogens is 234 g/mol. The molecule has 5 nitrogen and oxygen atoms in total. The smallest absolute Gasteiger partial charge is 0.220 e. The number of amides is 1. The van der Waals surface area contributed by atoms with Crippen LogP contribution in [0.5, 0.6) is 5.75 Å². The van der Waals surface area contributed by atoms with Crippen LogP contribution in [0.4, 0.5) is 0 Å². The molecule has 0 aliphatic heterocycles. The topological polar surface area (TPSA) is 78.5 Å². The molecule has 0 saturated heterocycles. The molecule has 1 N–H and O–H groups in total. The minimum Gasteiger partial charge on any atom is -0.550 e. The molecule has 0 fully saturated rings. The fourth-order valence-electron chi connectivity index (χ4n) is 1.30. The molecule has 0 aliphatic carbocycles. The van der Waals surface area contributed by atoms with E-state index in [0.717, 1.165) is 11.3 Å². The molecule has 0 unspecified atom stereocenters. The van der Waals surface area contributed by atoms with Gasteiger partial charge in [-0.3, -0.25) is 4.79 Å². The number of hydrogen-bond donors (Lipinski definition) is 1. The normalized spacial score (nSPS) is 9.83. The SMILES string of the molecule is Cc1ccc(OCCNC(=O)CCC(=O)[O-])cc1. The van der Waals surface area contributed by atoms with Crippen molar-refractivity contribution < 1.29 is 19.4 Å². The first-order chi connectivity index (χ1) is 8.58. The maximum absolute atomic E-state index is 11.1. The first-order valence-electron chi connectivity index (χ1n) is 5.74. The summed E-state index contributed by atoms with van der Waals surface area (Å²) in [5, 5.41) is 12.7. The molecule has 18 heavy (non-hydrogen) atoms. The fraction of sp³-hybridized carbons (Fsp3) is 0.385. The van der Waals surface area contributed by atoms with E-state index in [-0.39, 0.29) is 18.7 Å². The van der Waals surface area contributed by atoms with E-state index in [1.807, 2.05) is 31.2 Å². The van der Waals surface area contributed by atoms with E-state index in [0.29, 0.717) is 13.2 Å². The molecule has 0 aromatic heterocycles. The lowest BCUT2D eigenvalue weighted by Crippen LogP contribution is -2.30. The van der Waals surface area contributed by atoms with Crippen molar-refractivity contribution in [3.05, 3.63) is 29.8 Å². The van der Waals surface area contributed by atoms with Crippen LogP contribution in [0.3, 0.4) is 0 Å². The zero-order valence-electron chi connectivity index (χ0n) is 10.3. The Hall–Kier alpha value is -2.04. The van der Waals surface area contributed by atoms with Crippen molar-refractivity contribution in [2.24, 2.45) is 0 Å². The number of hydrogen-bond acceptors (Lipinski definition) is 4. The summed E-state index contributed by atoms with van der Waals surface area (Å²) in [4.78, 5) is 21.3. The number of benzene rings is 1. The van der Waals surface area contributed by atoms with E-state index in [9.17, 15) is 14.7 Å². The predicted molar refractivity (Wildman–Crippen MR) is 63.9 cm³/mol. The van der Waals surface area contributed by atoms with Crippen LogP contribution < -0.4 is 15.2 Å². The Labute approximate surface area is 106 Å². The highest BCUT2D eigenvalue weighted by atomic mass is 16.5. The summed E-state index contributed by atoms with van der Waals surface area (Å²) in [5.41, 5.74) is 1.15. The quantitative estimate of drug-likeness (QED) is 0.692. The number of carboxylic acids is 1. The van der Waals surface area contributed by atoms with Crippen LogP contribution in [0, 0.1) is 6.92 Å². The van der Waals surface area contributed by atoms with Gasteiger partial charge in [0, 0.05) is 12.4 Å². The minimum absolute atomic E-state index is 0.0626. The van der Waals surface area contributed by atoms with E-state index < -0.39 is 5.97 Å². The lowest BCUT2D eigenvalue weighted by molar-refractivity contribution is -0.305. The van der Waals surface area contributed by atoms with Crippen molar-refractivity contribution >= 4 is 11.9 Å². The van der Waals surface area contributed by atoms with Crippen molar-refractivity contribution in [1.29, 1.82) is 0 Å². The van der Waals surface area contributed by atoms with Crippen LogP contribution in [-0.2, 0) is 9.59 Å². The molecule has 0 heterocycles. The van der Waals surface area contributed by atoms with Crippen molar-refractivity contribution in [2.45, 2.75) is 19.8 Å². The van der Waals surface area contributed by atoms with E-state index in [4.69, 9.17) is 4.74 Å². The number of carboxylic acid groups (broad SMARTS) is 1. The standard InChI is InChI=1S/C13H17NO4/c1-10-2-4-11(5-3-10)18-9-8-14-12(15)6-7-13(16)17/h2-5H,6-9H2,1H3,(H,14,15)(H,16,17)/p-1. The number of nitrogens with one attached hydrogen (secondary N) is 1. The second-order valence-electron chi connectivity index (χ2n) is 3.88. The van der Waals surface area contributed by atoms with Gasteiger partial charge in [-0.2, -0.15) is 0 Å². The number of aliphatic carboxylic acids is 1. The second kappa shape index (κ2) is 7.32. The average molecular weight is 250 g/mol.